The van der Waals surface area contributed by atoms with Gasteiger partial charge in [0, 0.05) is 11.6 Å². The van der Waals surface area contributed by atoms with Crippen molar-refractivity contribution in [3.63, 3.8) is 0 Å². The molecule has 0 heterocycles. The Balaban J connectivity index is 2.81. The van der Waals surface area contributed by atoms with E-state index in [9.17, 15) is 9.59 Å². The van der Waals surface area contributed by atoms with Gasteiger partial charge in [0.25, 0.3) is 5.91 Å². The maximum atomic E-state index is 12.0. The Morgan fingerprint density at radius 2 is 1.95 bits per heavy atom. The summed E-state index contributed by atoms with van der Waals surface area (Å²) in [6.45, 7) is 5.11. The molecule has 2 unspecified atom stereocenters. The normalized spacial score (nSPS) is 13.5. The van der Waals surface area contributed by atoms with Gasteiger partial charge in [0.1, 0.15) is 5.75 Å². The van der Waals surface area contributed by atoms with E-state index in [-0.39, 0.29) is 5.91 Å². The molecular formula is C14H19NO4. The van der Waals surface area contributed by atoms with Crippen molar-refractivity contribution in [3.05, 3.63) is 29.3 Å². The minimum atomic E-state index is -0.936. The van der Waals surface area contributed by atoms with E-state index in [2.05, 4.69) is 5.32 Å². The van der Waals surface area contributed by atoms with Crippen LogP contribution in [-0.2, 0) is 4.79 Å². The predicted molar refractivity (Wildman–Crippen MR) is 71.5 cm³/mol. The van der Waals surface area contributed by atoms with Gasteiger partial charge in [0.15, 0.2) is 0 Å². The Bertz CT molecular complexity index is 484. The van der Waals surface area contributed by atoms with Gasteiger partial charge in [-0.15, -0.1) is 0 Å². The lowest BCUT2D eigenvalue weighted by atomic mass is 10.0. The number of aryl methyl sites for hydroxylation is 1. The smallest absolute Gasteiger partial charge is 0.308 e. The van der Waals surface area contributed by atoms with Crippen molar-refractivity contribution >= 4 is 11.9 Å². The van der Waals surface area contributed by atoms with Gasteiger partial charge in [-0.1, -0.05) is 6.07 Å². The molecule has 0 aromatic heterocycles. The Morgan fingerprint density at radius 1 is 1.32 bits per heavy atom. The molecule has 1 aromatic rings. The van der Waals surface area contributed by atoms with Crippen molar-refractivity contribution in [2.45, 2.75) is 26.8 Å². The van der Waals surface area contributed by atoms with Gasteiger partial charge in [-0.05, 0) is 38.5 Å². The summed E-state index contributed by atoms with van der Waals surface area (Å²) in [6.07, 6.45) is 0. The molecule has 0 fully saturated rings. The number of nitrogens with one attached hydrogen (secondary N) is 1. The maximum Gasteiger partial charge on any atom is 0.308 e. The van der Waals surface area contributed by atoms with Crippen LogP contribution in [0.4, 0.5) is 0 Å². The highest BCUT2D eigenvalue weighted by molar-refractivity contribution is 5.95. The number of carbonyl (C=O) groups excluding carboxylic acids is 1. The highest BCUT2D eigenvalue weighted by atomic mass is 16.5. The van der Waals surface area contributed by atoms with Crippen molar-refractivity contribution in [1.29, 1.82) is 0 Å². The second-order valence-electron chi connectivity index (χ2n) is 4.57. The lowest BCUT2D eigenvalue weighted by Gasteiger charge is -2.18. The molecule has 5 heteroatoms. The number of hydrogen-bond donors (Lipinski definition) is 2. The van der Waals surface area contributed by atoms with E-state index >= 15 is 0 Å². The van der Waals surface area contributed by atoms with Crippen LogP contribution >= 0.6 is 0 Å². The SMILES string of the molecule is COc1cc(C(=O)NC(C)C(C)C(=O)O)ccc1C. The number of carboxylic acids is 1. The maximum absolute atomic E-state index is 12.0. The molecule has 0 aliphatic heterocycles. The van der Waals surface area contributed by atoms with Crippen LogP contribution in [0.3, 0.4) is 0 Å². The van der Waals surface area contributed by atoms with Crippen LogP contribution in [0.25, 0.3) is 0 Å². The monoisotopic (exact) mass is 265 g/mol. The average molecular weight is 265 g/mol. The Morgan fingerprint density at radius 3 is 2.47 bits per heavy atom. The zero-order valence-electron chi connectivity index (χ0n) is 11.6. The first kappa shape index (κ1) is 15.0. The van der Waals surface area contributed by atoms with Crippen LogP contribution in [0.15, 0.2) is 18.2 Å². The molecule has 0 aliphatic carbocycles. The molecule has 1 amide bonds. The third-order valence-electron chi connectivity index (χ3n) is 3.17. The lowest BCUT2D eigenvalue weighted by Crippen LogP contribution is -2.40. The van der Waals surface area contributed by atoms with Crippen molar-refractivity contribution in [1.82, 2.24) is 5.32 Å². The first-order chi connectivity index (χ1) is 8.86. The van der Waals surface area contributed by atoms with Gasteiger partial charge in [-0.25, -0.2) is 0 Å². The van der Waals surface area contributed by atoms with Crippen molar-refractivity contribution in [3.8, 4) is 5.75 Å². The van der Waals surface area contributed by atoms with E-state index in [4.69, 9.17) is 9.84 Å². The minimum Gasteiger partial charge on any atom is -0.496 e. The number of amides is 1. The third kappa shape index (κ3) is 3.71. The molecule has 1 rings (SSSR count). The standard InChI is InChI=1S/C14H19NO4/c1-8-5-6-11(7-12(8)19-4)13(16)15-10(3)9(2)14(17)18/h5-7,9-10H,1-4H3,(H,15,16)(H,17,18). The minimum absolute atomic E-state index is 0.307. The number of rotatable bonds is 5. The van der Waals surface area contributed by atoms with Crippen molar-refractivity contribution in [2.75, 3.05) is 7.11 Å². The first-order valence-electron chi connectivity index (χ1n) is 6.05. The van der Waals surface area contributed by atoms with E-state index in [0.717, 1.165) is 5.56 Å². The Hall–Kier alpha value is -2.04. The average Bonchev–Trinajstić information content (AvgIpc) is 2.37. The fourth-order valence-electron chi connectivity index (χ4n) is 1.59. The summed E-state index contributed by atoms with van der Waals surface area (Å²) in [4.78, 5) is 22.8. The summed E-state index contributed by atoms with van der Waals surface area (Å²) in [5.74, 6) is -1.25. The van der Waals surface area contributed by atoms with E-state index < -0.39 is 17.9 Å². The quantitative estimate of drug-likeness (QED) is 0.851. The zero-order chi connectivity index (χ0) is 14.6. The molecule has 0 aliphatic rings. The summed E-state index contributed by atoms with van der Waals surface area (Å²) in [5.41, 5.74) is 1.39. The third-order valence-corrected chi connectivity index (χ3v) is 3.17. The first-order valence-corrected chi connectivity index (χ1v) is 6.05. The molecule has 104 valence electrons. The Labute approximate surface area is 112 Å². The van der Waals surface area contributed by atoms with Crippen LogP contribution in [0.1, 0.15) is 29.8 Å². The summed E-state index contributed by atoms with van der Waals surface area (Å²) >= 11 is 0. The fraction of sp³-hybridized carbons (Fsp3) is 0.429. The topological polar surface area (TPSA) is 75.6 Å². The van der Waals surface area contributed by atoms with Crippen molar-refractivity contribution < 1.29 is 19.4 Å². The van der Waals surface area contributed by atoms with Crippen LogP contribution in [0.5, 0.6) is 5.75 Å². The predicted octanol–water partition coefficient (Wildman–Crippen LogP) is 1.84. The molecule has 19 heavy (non-hydrogen) atoms. The molecule has 2 N–H and O–H groups in total. The summed E-state index contributed by atoms with van der Waals surface area (Å²) in [7, 11) is 1.54. The number of methoxy groups -OCH3 is 1. The lowest BCUT2D eigenvalue weighted by molar-refractivity contribution is -0.141. The molecule has 0 spiro atoms. The molecule has 0 radical (unpaired) electrons. The molecule has 0 bridgehead atoms. The second-order valence-corrected chi connectivity index (χ2v) is 4.57. The molecular weight excluding hydrogens is 246 g/mol. The molecule has 0 saturated carbocycles. The van der Waals surface area contributed by atoms with E-state index in [0.29, 0.717) is 11.3 Å². The van der Waals surface area contributed by atoms with Gasteiger partial charge >= 0.3 is 5.97 Å². The van der Waals surface area contributed by atoms with Crippen LogP contribution < -0.4 is 10.1 Å². The zero-order valence-corrected chi connectivity index (χ0v) is 11.6. The van der Waals surface area contributed by atoms with Gasteiger partial charge < -0.3 is 15.2 Å². The van der Waals surface area contributed by atoms with Gasteiger partial charge in [0.2, 0.25) is 0 Å². The number of hydrogen-bond acceptors (Lipinski definition) is 3. The van der Waals surface area contributed by atoms with E-state index in [1.807, 2.05) is 6.92 Å². The molecule has 1 aromatic carbocycles. The largest absolute Gasteiger partial charge is 0.496 e. The number of carbonyl (C=O) groups is 2. The second kappa shape index (κ2) is 6.22. The summed E-state index contributed by atoms with van der Waals surface area (Å²) in [6, 6.07) is 4.67. The summed E-state index contributed by atoms with van der Waals surface area (Å²) < 4.78 is 5.15. The van der Waals surface area contributed by atoms with Crippen LogP contribution in [0.2, 0.25) is 0 Å². The van der Waals surface area contributed by atoms with E-state index in [1.165, 1.54) is 0 Å². The highest BCUT2D eigenvalue weighted by Crippen LogP contribution is 2.19. The highest BCUT2D eigenvalue weighted by Gasteiger charge is 2.21. The van der Waals surface area contributed by atoms with Crippen molar-refractivity contribution in [2.24, 2.45) is 5.92 Å². The fourth-order valence-corrected chi connectivity index (χ4v) is 1.59. The van der Waals surface area contributed by atoms with Gasteiger partial charge in [0.05, 0.1) is 13.0 Å². The molecule has 0 saturated heterocycles. The number of benzene rings is 1. The van der Waals surface area contributed by atoms with E-state index in [1.54, 1.807) is 39.2 Å². The van der Waals surface area contributed by atoms with Crippen LogP contribution in [-0.4, -0.2) is 30.1 Å². The van der Waals surface area contributed by atoms with Crippen LogP contribution in [0, 0.1) is 12.8 Å². The molecule has 5 nitrogen and oxygen atoms in total. The number of aliphatic carboxylic acids is 1. The molecule has 2 atom stereocenters. The van der Waals surface area contributed by atoms with Gasteiger partial charge in [-0.2, -0.15) is 0 Å². The Kier molecular flexibility index (Phi) is 4.92. The summed E-state index contributed by atoms with van der Waals surface area (Å²) in [5, 5.41) is 11.6. The van der Waals surface area contributed by atoms with Gasteiger partial charge in [-0.3, -0.25) is 9.59 Å². The number of carboxylic acid groups (broad SMARTS) is 1. The number of ether oxygens (including phenoxy) is 1.